The molecule has 17 heavy (non-hydrogen) atoms. The molecule has 1 aromatic carbocycles. The number of halogens is 2. The number of hydrogen-bond donors (Lipinski definition) is 2. The van der Waals surface area contributed by atoms with Crippen molar-refractivity contribution in [1.82, 2.24) is 0 Å². The van der Waals surface area contributed by atoms with Crippen molar-refractivity contribution >= 4 is 33.8 Å². The van der Waals surface area contributed by atoms with Gasteiger partial charge in [-0.25, -0.2) is 4.39 Å². The number of carbonyl (C=O) groups is 1. The molecular formula is C11H8ClFN2OS. The van der Waals surface area contributed by atoms with Gasteiger partial charge in [0.1, 0.15) is 5.82 Å². The summed E-state index contributed by atoms with van der Waals surface area (Å²) in [7, 11) is 0. The van der Waals surface area contributed by atoms with E-state index in [1.807, 2.05) is 0 Å². The number of amides is 1. The third kappa shape index (κ3) is 2.11. The number of carbonyl (C=O) groups excluding carboxylic acids is 1. The molecule has 2 aromatic rings. The van der Waals surface area contributed by atoms with Crippen molar-refractivity contribution in [2.75, 3.05) is 5.73 Å². The topological polar surface area (TPSA) is 69.1 Å². The summed E-state index contributed by atoms with van der Waals surface area (Å²) in [5.41, 5.74) is 12.3. The molecular weight excluding hydrogens is 263 g/mol. The second-order valence-corrected chi connectivity index (χ2v) is 4.70. The van der Waals surface area contributed by atoms with E-state index < -0.39 is 11.7 Å². The van der Waals surface area contributed by atoms with Gasteiger partial charge in [-0.05, 0) is 17.7 Å². The lowest BCUT2D eigenvalue weighted by Gasteiger charge is -2.03. The van der Waals surface area contributed by atoms with Crippen LogP contribution in [-0.4, -0.2) is 5.91 Å². The number of nitrogen functional groups attached to an aromatic ring is 1. The average Bonchev–Trinajstić information content (AvgIpc) is 2.64. The highest BCUT2D eigenvalue weighted by molar-refractivity contribution is 7.15. The predicted octanol–water partition coefficient (Wildman–Crippen LogP) is 2.89. The summed E-state index contributed by atoms with van der Waals surface area (Å²) in [5.74, 6) is -1.13. The van der Waals surface area contributed by atoms with Gasteiger partial charge in [-0.3, -0.25) is 4.79 Å². The van der Waals surface area contributed by atoms with Gasteiger partial charge in [0.2, 0.25) is 0 Å². The van der Waals surface area contributed by atoms with Gasteiger partial charge in [-0.2, -0.15) is 0 Å². The van der Waals surface area contributed by atoms with Gasteiger partial charge in [0.25, 0.3) is 5.91 Å². The highest BCUT2D eigenvalue weighted by Crippen LogP contribution is 2.34. The Balaban J connectivity index is 2.60. The van der Waals surface area contributed by atoms with Crippen LogP contribution in [0.3, 0.4) is 0 Å². The van der Waals surface area contributed by atoms with Crippen LogP contribution in [0, 0.1) is 5.82 Å². The number of benzene rings is 1. The van der Waals surface area contributed by atoms with E-state index in [1.165, 1.54) is 29.5 Å². The fraction of sp³-hybridized carbons (Fsp3) is 0. The van der Waals surface area contributed by atoms with Gasteiger partial charge in [0.05, 0.1) is 15.6 Å². The number of thiophene rings is 1. The minimum atomic E-state index is -0.612. The molecule has 0 aliphatic rings. The summed E-state index contributed by atoms with van der Waals surface area (Å²) in [5, 5.41) is 2.02. The standard InChI is InChI=1S/C11H8ClFN2OS/c12-7-3-5(1-2-8(7)13)6-4-17-11(15)9(6)10(14)16/h1-4H,15H2,(H2,14,16). The molecule has 1 aromatic heterocycles. The zero-order valence-electron chi connectivity index (χ0n) is 8.54. The maximum Gasteiger partial charge on any atom is 0.252 e. The van der Waals surface area contributed by atoms with Crippen LogP contribution < -0.4 is 11.5 Å². The fourth-order valence-electron chi connectivity index (χ4n) is 1.50. The highest BCUT2D eigenvalue weighted by Gasteiger charge is 2.16. The highest BCUT2D eigenvalue weighted by atomic mass is 35.5. The second-order valence-electron chi connectivity index (χ2n) is 3.38. The van der Waals surface area contributed by atoms with Gasteiger partial charge in [-0.15, -0.1) is 11.3 Å². The quantitative estimate of drug-likeness (QED) is 0.881. The van der Waals surface area contributed by atoms with Crippen molar-refractivity contribution in [2.24, 2.45) is 5.73 Å². The van der Waals surface area contributed by atoms with E-state index in [-0.39, 0.29) is 10.6 Å². The fourth-order valence-corrected chi connectivity index (χ4v) is 2.51. The SMILES string of the molecule is NC(=O)c1c(-c2ccc(F)c(Cl)c2)csc1N. The number of anilines is 1. The molecule has 0 spiro atoms. The Hall–Kier alpha value is -1.59. The summed E-state index contributed by atoms with van der Waals surface area (Å²) in [6.07, 6.45) is 0. The second kappa shape index (κ2) is 4.35. The Morgan fingerprint density at radius 3 is 2.71 bits per heavy atom. The molecule has 88 valence electrons. The van der Waals surface area contributed by atoms with E-state index in [0.717, 1.165) is 0 Å². The van der Waals surface area contributed by atoms with Gasteiger partial charge in [0, 0.05) is 10.9 Å². The Kier molecular flexibility index (Phi) is 3.04. The third-order valence-corrected chi connectivity index (χ3v) is 3.40. The van der Waals surface area contributed by atoms with Gasteiger partial charge in [0.15, 0.2) is 0 Å². The number of hydrogen-bond acceptors (Lipinski definition) is 3. The normalized spacial score (nSPS) is 10.5. The van der Waals surface area contributed by atoms with Crippen molar-refractivity contribution in [3.05, 3.63) is 40.0 Å². The first-order valence-corrected chi connectivity index (χ1v) is 5.88. The maximum atomic E-state index is 13.0. The number of rotatable bonds is 2. The molecule has 2 rings (SSSR count). The predicted molar refractivity (Wildman–Crippen MR) is 67.7 cm³/mol. The monoisotopic (exact) mass is 270 g/mol. The summed E-state index contributed by atoms with van der Waals surface area (Å²) in [4.78, 5) is 11.3. The molecule has 1 amide bonds. The molecule has 0 aliphatic carbocycles. The summed E-state index contributed by atoms with van der Waals surface area (Å²) in [6, 6.07) is 4.19. The van der Waals surface area contributed by atoms with Crippen molar-refractivity contribution in [3.8, 4) is 11.1 Å². The van der Waals surface area contributed by atoms with E-state index in [0.29, 0.717) is 16.1 Å². The molecule has 0 saturated carbocycles. The summed E-state index contributed by atoms with van der Waals surface area (Å²) < 4.78 is 13.0. The molecule has 0 aliphatic heterocycles. The van der Waals surface area contributed by atoms with E-state index in [4.69, 9.17) is 23.1 Å². The van der Waals surface area contributed by atoms with Crippen molar-refractivity contribution in [3.63, 3.8) is 0 Å². The molecule has 0 fully saturated rings. The minimum absolute atomic E-state index is 0.0114. The molecule has 0 unspecified atom stereocenters. The van der Waals surface area contributed by atoms with Gasteiger partial charge >= 0.3 is 0 Å². The van der Waals surface area contributed by atoms with Crippen LogP contribution in [-0.2, 0) is 0 Å². The average molecular weight is 271 g/mol. The summed E-state index contributed by atoms with van der Waals surface area (Å²) >= 11 is 6.89. The Morgan fingerprint density at radius 1 is 1.41 bits per heavy atom. The van der Waals surface area contributed by atoms with Crippen LogP contribution in [0.1, 0.15) is 10.4 Å². The minimum Gasteiger partial charge on any atom is -0.390 e. The van der Waals surface area contributed by atoms with E-state index in [9.17, 15) is 9.18 Å². The Morgan fingerprint density at radius 2 is 2.12 bits per heavy atom. The number of primary amides is 1. The van der Waals surface area contributed by atoms with Gasteiger partial charge < -0.3 is 11.5 Å². The van der Waals surface area contributed by atoms with Crippen LogP contribution in [0.25, 0.3) is 11.1 Å². The molecule has 3 nitrogen and oxygen atoms in total. The molecule has 1 heterocycles. The van der Waals surface area contributed by atoms with Crippen molar-refractivity contribution in [1.29, 1.82) is 0 Å². The first-order valence-electron chi connectivity index (χ1n) is 4.63. The molecule has 0 saturated heterocycles. The first-order chi connectivity index (χ1) is 8.00. The lowest BCUT2D eigenvalue weighted by molar-refractivity contribution is 0.100. The van der Waals surface area contributed by atoms with E-state index >= 15 is 0 Å². The zero-order chi connectivity index (χ0) is 12.6. The van der Waals surface area contributed by atoms with E-state index in [2.05, 4.69) is 0 Å². The maximum absolute atomic E-state index is 13.0. The van der Waals surface area contributed by atoms with Gasteiger partial charge in [-0.1, -0.05) is 17.7 Å². The largest absolute Gasteiger partial charge is 0.390 e. The first kappa shape index (κ1) is 11.9. The number of nitrogens with two attached hydrogens (primary N) is 2. The molecule has 0 radical (unpaired) electrons. The molecule has 6 heteroatoms. The lowest BCUT2D eigenvalue weighted by atomic mass is 10.0. The van der Waals surface area contributed by atoms with Crippen molar-refractivity contribution < 1.29 is 9.18 Å². The van der Waals surface area contributed by atoms with Crippen LogP contribution in [0.15, 0.2) is 23.6 Å². The lowest BCUT2D eigenvalue weighted by Crippen LogP contribution is -2.12. The van der Waals surface area contributed by atoms with Crippen LogP contribution in [0.4, 0.5) is 9.39 Å². The molecule has 4 N–H and O–H groups in total. The Bertz CT molecular complexity index is 597. The Labute approximate surface area is 106 Å². The third-order valence-electron chi connectivity index (χ3n) is 2.30. The molecule has 0 atom stereocenters. The van der Waals surface area contributed by atoms with Crippen LogP contribution in [0.5, 0.6) is 0 Å². The smallest absolute Gasteiger partial charge is 0.252 e. The molecule has 0 bridgehead atoms. The zero-order valence-corrected chi connectivity index (χ0v) is 10.1. The van der Waals surface area contributed by atoms with Crippen molar-refractivity contribution in [2.45, 2.75) is 0 Å². The van der Waals surface area contributed by atoms with Crippen LogP contribution in [0.2, 0.25) is 5.02 Å². The van der Waals surface area contributed by atoms with E-state index in [1.54, 1.807) is 5.38 Å². The van der Waals surface area contributed by atoms with Crippen LogP contribution >= 0.6 is 22.9 Å². The summed E-state index contributed by atoms with van der Waals surface area (Å²) in [6.45, 7) is 0.